The number of thiophene rings is 1. The molecule has 2 aromatic heterocycles. The summed E-state index contributed by atoms with van der Waals surface area (Å²) < 4.78 is 12.7. The van der Waals surface area contributed by atoms with E-state index >= 15 is 0 Å². The first kappa shape index (κ1) is 22.3. The zero-order chi connectivity index (χ0) is 24.1. The molecule has 0 bridgehead atoms. The van der Waals surface area contributed by atoms with Crippen LogP contribution in [0.15, 0.2) is 46.3 Å². The van der Waals surface area contributed by atoms with Crippen molar-refractivity contribution in [1.82, 2.24) is 9.55 Å². The van der Waals surface area contributed by atoms with Crippen molar-refractivity contribution in [3.8, 4) is 11.4 Å². The maximum Gasteiger partial charge on any atom is 0.270 e. The van der Waals surface area contributed by atoms with Gasteiger partial charge in [-0.25, -0.2) is 4.98 Å². The van der Waals surface area contributed by atoms with Gasteiger partial charge in [0.1, 0.15) is 10.6 Å². The summed E-state index contributed by atoms with van der Waals surface area (Å²) in [6.07, 6.45) is 2.97. The Morgan fingerprint density at radius 3 is 2.86 bits per heavy atom. The molecule has 0 saturated heterocycles. The van der Waals surface area contributed by atoms with Gasteiger partial charge in [0.2, 0.25) is 0 Å². The normalized spacial score (nSPS) is 14.5. The van der Waals surface area contributed by atoms with E-state index < -0.39 is 4.92 Å². The number of non-ortho nitro benzene ring substituents is 1. The number of nitrogens with zero attached hydrogens (tertiary/aromatic N) is 3. The van der Waals surface area contributed by atoms with Crippen LogP contribution in [0.5, 0.6) is 5.75 Å². The summed E-state index contributed by atoms with van der Waals surface area (Å²) >= 11 is 2.98. The Kier molecular flexibility index (Phi) is 5.58. The summed E-state index contributed by atoms with van der Waals surface area (Å²) in [5.74, 6) is 0.966. The van der Waals surface area contributed by atoms with E-state index in [-0.39, 0.29) is 24.6 Å². The van der Waals surface area contributed by atoms with E-state index in [0.29, 0.717) is 27.8 Å². The molecule has 0 radical (unpaired) electrons. The molecule has 3 heterocycles. The van der Waals surface area contributed by atoms with Gasteiger partial charge >= 0.3 is 0 Å². The number of rotatable bonds is 5. The fourth-order valence-corrected chi connectivity index (χ4v) is 6.96. The molecule has 0 fully saturated rings. The predicted molar refractivity (Wildman–Crippen MR) is 135 cm³/mol. The summed E-state index contributed by atoms with van der Waals surface area (Å²) in [6, 6.07) is 10.8. The number of nitro groups is 1. The largest absolute Gasteiger partial charge is 0.467 e. The van der Waals surface area contributed by atoms with Gasteiger partial charge in [-0.1, -0.05) is 29.5 Å². The van der Waals surface area contributed by atoms with Gasteiger partial charge in [0.15, 0.2) is 11.9 Å². The van der Waals surface area contributed by atoms with Crippen LogP contribution >= 0.6 is 23.1 Å². The van der Waals surface area contributed by atoms with Gasteiger partial charge in [0.05, 0.1) is 22.6 Å². The number of fused-ring (bicyclic) bond motifs is 4. The molecule has 2 aromatic carbocycles. The molecule has 2 aliphatic rings. The highest BCUT2D eigenvalue weighted by Gasteiger charge is 2.25. The third-order valence-corrected chi connectivity index (χ3v) is 8.51. The highest BCUT2D eigenvalue weighted by atomic mass is 32.2. The van der Waals surface area contributed by atoms with Crippen LogP contribution in [0.4, 0.5) is 5.69 Å². The fourth-order valence-electron chi connectivity index (χ4n) is 4.68. The van der Waals surface area contributed by atoms with Gasteiger partial charge in [-0.05, 0) is 43.9 Å². The smallest absolute Gasteiger partial charge is 0.270 e. The lowest BCUT2D eigenvalue weighted by Crippen LogP contribution is -2.22. The molecule has 0 atom stereocenters. The molecule has 178 valence electrons. The predicted octanol–water partition coefficient (Wildman–Crippen LogP) is 5.31. The van der Waals surface area contributed by atoms with E-state index in [1.54, 1.807) is 15.9 Å². The van der Waals surface area contributed by atoms with Crippen molar-refractivity contribution in [2.75, 3.05) is 6.79 Å². The Morgan fingerprint density at radius 1 is 1.23 bits per heavy atom. The maximum absolute atomic E-state index is 13.8. The highest BCUT2D eigenvalue weighted by molar-refractivity contribution is 7.98. The first-order valence-corrected chi connectivity index (χ1v) is 13.1. The van der Waals surface area contributed by atoms with Gasteiger partial charge in [-0.15, -0.1) is 11.3 Å². The van der Waals surface area contributed by atoms with E-state index in [0.717, 1.165) is 46.3 Å². The number of hydrogen-bond acceptors (Lipinski definition) is 8. The molecule has 0 saturated carbocycles. The van der Waals surface area contributed by atoms with Crippen molar-refractivity contribution in [2.24, 2.45) is 0 Å². The molecule has 1 aliphatic heterocycles. The van der Waals surface area contributed by atoms with Crippen LogP contribution in [0.1, 0.15) is 33.6 Å². The first-order valence-electron chi connectivity index (χ1n) is 11.3. The zero-order valence-electron chi connectivity index (χ0n) is 18.9. The summed E-state index contributed by atoms with van der Waals surface area (Å²) in [7, 11) is 0. The number of thioether (sulfide) groups is 1. The van der Waals surface area contributed by atoms with Crippen molar-refractivity contribution >= 4 is 39.0 Å². The van der Waals surface area contributed by atoms with E-state index in [2.05, 4.69) is 0 Å². The highest BCUT2D eigenvalue weighted by Crippen LogP contribution is 2.39. The van der Waals surface area contributed by atoms with Gasteiger partial charge in [0.25, 0.3) is 11.2 Å². The monoisotopic (exact) mass is 507 g/mol. The van der Waals surface area contributed by atoms with E-state index in [1.165, 1.54) is 28.8 Å². The van der Waals surface area contributed by atoms with Crippen molar-refractivity contribution in [1.29, 1.82) is 0 Å². The molecule has 1 aliphatic carbocycles. The third kappa shape index (κ3) is 3.91. The van der Waals surface area contributed by atoms with E-state index in [4.69, 9.17) is 14.5 Å². The summed E-state index contributed by atoms with van der Waals surface area (Å²) in [5.41, 5.74) is 4.25. The van der Waals surface area contributed by atoms with Crippen LogP contribution in [0.3, 0.4) is 0 Å². The minimum absolute atomic E-state index is 0.0116. The number of hydrogen-bond donors (Lipinski definition) is 0. The van der Waals surface area contributed by atoms with Gasteiger partial charge < -0.3 is 9.47 Å². The average molecular weight is 508 g/mol. The minimum atomic E-state index is -0.414. The molecule has 0 spiro atoms. The van der Waals surface area contributed by atoms with Crippen LogP contribution in [-0.4, -0.2) is 21.3 Å². The molecule has 0 amide bonds. The summed E-state index contributed by atoms with van der Waals surface area (Å²) in [6.45, 7) is 2.36. The molecule has 0 unspecified atom stereocenters. The standard InChI is InChI=1S/C25H21N3O5S2/c1-14-5-7-17(8-6-14)27-24(29)21-19-3-2-4-20(19)35-23(21)26-25(27)34-12-16-10-18(28(30)31)9-15-11-32-13-33-22(15)16/h5-10H,2-4,11-13H2,1H3. The van der Waals surface area contributed by atoms with E-state index in [9.17, 15) is 14.9 Å². The molecule has 8 nitrogen and oxygen atoms in total. The SMILES string of the molecule is Cc1ccc(-n2c(SCc3cc([N+](=O)[O-])cc4c3OCOC4)nc3sc4c(c3c2=O)CCC4)cc1. The quantitative estimate of drug-likeness (QED) is 0.156. The van der Waals surface area contributed by atoms with Crippen molar-refractivity contribution < 1.29 is 14.4 Å². The van der Waals surface area contributed by atoms with E-state index in [1.807, 2.05) is 31.2 Å². The lowest BCUT2D eigenvalue weighted by molar-refractivity contribution is -0.385. The zero-order valence-corrected chi connectivity index (χ0v) is 20.5. The van der Waals surface area contributed by atoms with Crippen molar-refractivity contribution in [3.05, 3.63) is 84.0 Å². The van der Waals surface area contributed by atoms with Crippen molar-refractivity contribution in [3.63, 3.8) is 0 Å². The van der Waals surface area contributed by atoms with Gasteiger partial charge in [-0.3, -0.25) is 19.5 Å². The fraction of sp³-hybridized carbons (Fsp3) is 0.280. The second-order valence-electron chi connectivity index (χ2n) is 8.66. The molecule has 0 N–H and O–H groups in total. The Morgan fingerprint density at radius 2 is 2.06 bits per heavy atom. The van der Waals surface area contributed by atoms with Crippen LogP contribution in [-0.2, 0) is 29.9 Å². The second-order valence-corrected chi connectivity index (χ2v) is 10.7. The maximum atomic E-state index is 13.8. The lowest BCUT2D eigenvalue weighted by Gasteiger charge is -2.20. The van der Waals surface area contributed by atoms with Gasteiger partial charge in [-0.2, -0.15) is 0 Å². The first-order chi connectivity index (χ1) is 17.0. The molecule has 10 heteroatoms. The number of aryl methyl sites for hydroxylation is 3. The molecular formula is C25H21N3O5S2. The average Bonchev–Trinajstić information content (AvgIpc) is 3.44. The number of ether oxygens (including phenoxy) is 2. The summed E-state index contributed by atoms with van der Waals surface area (Å²) in [5, 5.41) is 12.8. The third-order valence-electron chi connectivity index (χ3n) is 6.34. The topological polar surface area (TPSA) is 96.5 Å². The number of nitro benzene ring substituents is 1. The van der Waals surface area contributed by atoms with Crippen LogP contribution in [0, 0.1) is 17.0 Å². The Labute approximate surface area is 208 Å². The Hall–Kier alpha value is -3.21. The van der Waals surface area contributed by atoms with Crippen LogP contribution < -0.4 is 10.3 Å². The molecule has 4 aromatic rings. The van der Waals surface area contributed by atoms with Crippen molar-refractivity contribution in [2.45, 2.75) is 43.7 Å². The lowest BCUT2D eigenvalue weighted by atomic mass is 10.1. The second kappa shape index (κ2) is 8.78. The Balaban J connectivity index is 1.47. The van der Waals surface area contributed by atoms with Crippen LogP contribution in [0.2, 0.25) is 0 Å². The molecule has 35 heavy (non-hydrogen) atoms. The summed E-state index contributed by atoms with van der Waals surface area (Å²) in [4.78, 5) is 31.9. The number of benzene rings is 2. The number of aromatic nitrogens is 2. The minimum Gasteiger partial charge on any atom is -0.467 e. The van der Waals surface area contributed by atoms with Crippen LogP contribution in [0.25, 0.3) is 15.9 Å². The van der Waals surface area contributed by atoms with Gasteiger partial charge in [0, 0.05) is 33.9 Å². The molecule has 6 rings (SSSR count). The Bertz CT molecular complexity index is 1540. The molecular weight excluding hydrogens is 486 g/mol.